The second-order valence-corrected chi connectivity index (χ2v) is 3.36. The number of primary amides is 1. The van der Waals surface area contributed by atoms with Gasteiger partial charge in [0.05, 0.1) is 0 Å². The minimum atomic E-state index is -0.550. The van der Waals surface area contributed by atoms with E-state index in [1.165, 1.54) is 0 Å². The van der Waals surface area contributed by atoms with Crippen LogP contribution in [0, 0.1) is 0 Å². The summed E-state index contributed by atoms with van der Waals surface area (Å²) in [5.41, 5.74) is 12.0. The first-order chi connectivity index (χ1) is 7.18. The molecule has 5 nitrogen and oxygen atoms in total. The molecule has 0 unspecified atom stereocenters. The summed E-state index contributed by atoms with van der Waals surface area (Å²) >= 11 is 0. The normalized spacial score (nSPS) is 15.1. The average molecular weight is 204 g/mol. The molecule has 1 aliphatic rings. The molecule has 0 saturated heterocycles. The van der Waals surface area contributed by atoms with Gasteiger partial charge < -0.3 is 11.5 Å². The van der Waals surface area contributed by atoms with E-state index in [-0.39, 0.29) is 11.4 Å². The van der Waals surface area contributed by atoms with Gasteiger partial charge in [-0.2, -0.15) is 5.10 Å². The van der Waals surface area contributed by atoms with Crippen molar-refractivity contribution in [2.24, 2.45) is 5.73 Å². The lowest BCUT2D eigenvalue weighted by atomic mass is 10.1. The fourth-order valence-corrected chi connectivity index (χ4v) is 1.51. The number of carbonyl (C=O) groups excluding carboxylic acids is 1. The lowest BCUT2D eigenvalue weighted by molar-refractivity contribution is 0.100. The van der Waals surface area contributed by atoms with Crippen LogP contribution in [0.1, 0.15) is 23.2 Å². The third kappa shape index (κ3) is 1.76. The second kappa shape index (κ2) is 3.61. The summed E-state index contributed by atoms with van der Waals surface area (Å²) in [6, 6.07) is 0. The van der Waals surface area contributed by atoms with E-state index in [1.54, 1.807) is 10.9 Å². The zero-order chi connectivity index (χ0) is 10.8. The molecular formula is C10H12N4O. The predicted octanol–water partition coefficient (Wildman–Crippen LogP) is 0.755. The van der Waals surface area contributed by atoms with Crippen LogP contribution in [-0.4, -0.2) is 15.7 Å². The van der Waals surface area contributed by atoms with Crippen molar-refractivity contribution >= 4 is 17.4 Å². The number of hydrogen-bond donors (Lipinski definition) is 2. The maximum atomic E-state index is 11.0. The van der Waals surface area contributed by atoms with Gasteiger partial charge in [-0.25, -0.2) is 4.68 Å². The van der Waals surface area contributed by atoms with Crippen LogP contribution in [0.15, 0.2) is 24.4 Å². The zero-order valence-electron chi connectivity index (χ0n) is 8.18. The Bertz CT molecular complexity index is 456. The van der Waals surface area contributed by atoms with Gasteiger partial charge >= 0.3 is 0 Å². The van der Waals surface area contributed by atoms with E-state index in [4.69, 9.17) is 11.5 Å². The molecule has 0 spiro atoms. The molecule has 0 saturated carbocycles. The molecule has 2 rings (SSSR count). The van der Waals surface area contributed by atoms with Crippen LogP contribution in [0.25, 0.3) is 5.70 Å². The van der Waals surface area contributed by atoms with Crippen molar-refractivity contribution in [3.05, 3.63) is 30.0 Å². The number of aromatic nitrogens is 2. The van der Waals surface area contributed by atoms with Crippen LogP contribution >= 0.6 is 0 Å². The van der Waals surface area contributed by atoms with Gasteiger partial charge in [0.15, 0.2) is 5.82 Å². The van der Waals surface area contributed by atoms with Crippen LogP contribution in [0.3, 0.4) is 0 Å². The minimum Gasteiger partial charge on any atom is -0.382 e. The number of nitrogens with zero attached hydrogens (tertiary/aromatic N) is 2. The van der Waals surface area contributed by atoms with Gasteiger partial charge in [0, 0.05) is 11.9 Å². The molecule has 0 radical (unpaired) electrons. The number of carbonyl (C=O) groups is 1. The predicted molar refractivity (Wildman–Crippen MR) is 57.8 cm³/mol. The Morgan fingerprint density at radius 2 is 2.33 bits per heavy atom. The van der Waals surface area contributed by atoms with E-state index in [1.807, 2.05) is 12.2 Å². The number of allylic oxidation sites excluding steroid dienone is 4. The van der Waals surface area contributed by atoms with Gasteiger partial charge in [0.1, 0.15) is 5.56 Å². The Hall–Kier alpha value is -2.04. The highest BCUT2D eigenvalue weighted by molar-refractivity contribution is 5.97. The number of nitrogens with two attached hydrogens (primary N) is 2. The largest absolute Gasteiger partial charge is 0.382 e. The number of nitrogen functional groups attached to an aromatic ring is 1. The second-order valence-electron chi connectivity index (χ2n) is 3.36. The Balaban J connectivity index is 2.37. The van der Waals surface area contributed by atoms with E-state index in [9.17, 15) is 4.79 Å². The Morgan fingerprint density at radius 1 is 1.53 bits per heavy atom. The molecule has 0 aromatic carbocycles. The van der Waals surface area contributed by atoms with Crippen LogP contribution in [-0.2, 0) is 0 Å². The standard InChI is InChI=1S/C10H12N4O/c11-9-8(10(12)15)6-14(13-9)7-4-2-1-3-5-7/h1-2,4,6H,3,5H2,(H2,11,13)(H2,12,15). The molecule has 0 aliphatic heterocycles. The Morgan fingerprint density at radius 3 is 2.87 bits per heavy atom. The molecule has 15 heavy (non-hydrogen) atoms. The zero-order valence-corrected chi connectivity index (χ0v) is 8.18. The number of amides is 1. The van der Waals surface area contributed by atoms with Crippen molar-refractivity contribution < 1.29 is 4.79 Å². The quantitative estimate of drug-likeness (QED) is 0.745. The van der Waals surface area contributed by atoms with Gasteiger partial charge in [-0.05, 0) is 18.9 Å². The molecule has 0 bridgehead atoms. The summed E-state index contributed by atoms with van der Waals surface area (Å²) in [5, 5.41) is 4.05. The molecule has 78 valence electrons. The van der Waals surface area contributed by atoms with Crippen LogP contribution in [0.5, 0.6) is 0 Å². The highest BCUT2D eigenvalue weighted by Crippen LogP contribution is 2.19. The van der Waals surface area contributed by atoms with Gasteiger partial charge in [0.25, 0.3) is 5.91 Å². The van der Waals surface area contributed by atoms with Gasteiger partial charge in [0.2, 0.25) is 0 Å². The van der Waals surface area contributed by atoms with Crippen molar-refractivity contribution in [2.75, 3.05) is 5.73 Å². The third-order valence-corrected chi connectivity index (χ3v) is 2.29. The summed E-state index contributed by atoms with van der Waals surface area (Å²) < 4.78 is 1.61. The Kier molecular flexibility index (Phi) is 2.29. The summed E-state index contributed by atoms with van der Waals surface area (Å²) in [7, 11) is 0. The van der Waals surface area contributed by atoms with Gasteiger partial charge in [-0.3, -0.25) is 4.79 Å². The molecular weight excluding hydrogens is 192 g/mol. The van der Waals surface area contributed by atoms with E-state index in [0.717, 1.165) is 18.5 Å². The van der Waals surface area contributed by atoms with Crippen molar-refractivity contribution in [3.8, 4) is 0 Å². The fourth-order valence-electron chi connectivity index (χ4n) is 1.51. The minimum absolute atomic E-state index is 0.179. The van der Waals surface area contributed by atoms with Gasteiger partial charge in [-0.1, -0.05) is 12.2 Å². The lowest BCUT2D eigenvalue weighted by Crippen LogP contribution is -2.11. The molecule has 5 heteroatoms. The highest BCUT2D eigenvalue weighted by atomic mass is 16.1. The van der Waals surface area contributed by atoms with Gasteiger partial charge in [-0.15, -0.1) is 0 Å². The first-order valence-electron chi connectivity index (χ1n) is 4.69. The monoisotopic (exact) mass is 204 g/mol. The third-order valence-electron chi connectivity index (χ3n) is 2.29. The van der Waals surface area contributed by atoms with E-state index >= 15 is 0 Å². The summed E-state index contributed by atoms with van der Waals surface area (Å²) in [6.07, 6.45) is 9.41. The molecule has 0 fully saturated rings. The summed E-state index contributed by atoms with van der Waals surface area (Å²) in [5.74, 6) is -0.372. The van der Waals surface area contributed by atoms with Crippen LogP contribution in [0.2, 0.25) is 0 Å². The molecule has 1 aromatic heterocycles. The number of rotatable bonds is 2. The van der Waals surface area contributed by atoms with Crippen molar-refractivity contribution in [3.63, 3.8) is 0 Å². The Labute approximate surface area is 87.0 Å². The number of hydrogen-bond acceptors (Lipinski definition) is 3. The number of anilines is 1. The smallest absolute Gasteiger partial charge is 0.254 e. The lowest BCUT2D eigenvalue weighted by Gasteiger charge is -2.07. The molecule has 0 atom stereocenters. The van der Waals surface area contributed by atoms with Crippen molar-refractivity contribution in [1.29, 1.82) is 0 Å². The molecule has 4 N–H and O–H groups in total. The van der Waals surface area contributed by atoms with Crippen molar-refractivity contribution in [2.45, 2.75) is 12.8 Å². The van der Waals surface area contributed by atoms with Crippen LogP contribution < -0.4 is 11.5 Å². The maximum Gasteiger partial charge on any atom is 0.254 e. The topological polar surface area (TPSA) is 86.9 Å². The summed E-state index contributed by atoms with van der Waals surface area (Å²) in [4.78, 5) is 11.0. The van der Waals surface area contributed by atoms with E-state index in [0.29, 0.717) is 0 Å². The van der Waals surface area contributed by atoms with Crippen LogP contribution in [0.4, 0.5) is 5.82 Å². The molecule has 1 heterocycles. The molecule has 1 amide bonds. The first kappa shape index (κ1) is 9.51. The SMILES string of the molecule is NC(=O)c1cn(C2=CC=CCC2)nc1N. The van der Waals surface area contributed by atoms with Crippen molar-refractivity contribution in [1.82, 2.24) is 9.78 Å². The maximum absolute atomic E-state index is 11.0. The van der Waals surface area contributed by atoms with E-state index in [2.05, 4.69) is 11.2 Å². The summed E-state index contributed by atoms with van der Waals surface area (Å²) in [6.45, 7) is 0. The first-order valence-corrected chi connectivity index (χ1v) is 4.69. The fraction of sp³-hybridized carbons (Fsp3) is 0.200. The molecule has 1 aliphatic carbocycles. The average Bonchev–Trinajstić information content (AvgIpc) is 2.62. The van der Waals surface area contributed by atoms with E-state index < -0.39 is 5.91 Å². The molecule has 1 aromatic rings. The highest BCUT2D eigenvalue weighted by Gasteiger charge is 2.13.